The van der Waals surface area contributed by atoms with Gasteiger partial charge in [0.2, 0.25) is 6.23 Å². The molecule has 0 aromatic heterocycles. The van der Waals surface area contributed by atoms with Gasteiger partial charge in [-0.05, 0) is 43.3 Å². The molecule has 0 radical (unpaired) electrons. The maximum atomic E-state index is 6.45. The Balaban J connectivity index is 1.58. The topological polar surface area (TPSA) is 43.3 Å². The van der Waals surface area contributed by atoms with Gasteiger partial charge in [-0.2, -0.15) is 5.10 Å². The number of aryl methyl sites for hydroxylation is 1. The van der Waals surface area contributed by atoms with Crippen molar-refractivity contribution in [1.29, 1.82) is 0 Å². The summed E-state index contributed by atoms with van der Waals surface area (Å²) in [6, 6.07) is 20.7. The van der Waals surface area contributed by atoms with Crippen LogP contribution in [0.5, 0.6) is 17.2 Å². The maximum absolute atomic E-state index is 6.45. The molecule has 0 unspecified atom stereocenters. The third-order valence-corrected chi connectivity index (χ3v) is 6.32. The number of methoxy groups -OCH3 is 2. The first-order valence-corrected chi connectivity index (χ1v) is 11.0. The molecule has 2 aliphatic heterocycles. The molecule has 0 aliphatic carbocycles. The minimum Gasteiger partial charge on any atom is -0.493 e. The summed E-state index contributed by atoms with van der Waals surface area (Å²) in [6.07, 6.45) is 0.502. The van der Waals surface area contributed by atoms with Crippen LogP contribution in [0.2, 0.25) is 0 Å². The molecule has 5 nitrogen and oxygen atoms in total. The minimum atomic E-state index is -0.281. The summed E-state index contributed by atoms with van der Waals surface area (Å²) in [6.45, 7) is 2.09. The molecule has 2 aliphatic rings. The molecule has 31 heavy (non-hydrogen) atoms. The Morgan fingerprint density at radius 1 is 0.968 bits per heavy atom. The SMILES string of the molecule is COc1ccc(C2=NN3[C@@H](C2)c2cc(Br)ccc2O[C@H]3c2ccc(C)cc2)cc1OC. The lowest BCUT2D eigenvalue weighted by Gasteiger charge is -2.38. The van der Waals surface area contributed by atoms with Crippen LogP contribution >= 0.6 is 15.9 Å². The fraction of sp³-hybridized carbons (Fsp3) is 0.240. The van der Waals surface area contributed by atoms with Crippen LogP contribution in [0.4, 0.5) is 0 Å². The third kappa shape index (κ3) is 3.55. The van der Waals surface area contributed by atoms with Crippen LogP contribution in [-0.4, -0.2) is 24.9 Å². The van der Waals surface area contributed by atoms with Crippen LogP contribution in [0.25, 0.3) is 0 Å². The summed E-state index contributed by atoms with van der Waals surface area (Å²) in [7, 11) is 3.29. The number of rotatable bonds is 4. The summed E-state index contributed by atoms with van der Waals surface area (Å²) < 4.78 is 18.4. The second kappa shape index (κ2) is 7.93. The van der Waals surface area contributed by atoms with Gasteiger partial charge in [-0.1, -0.05) is 45.8 Å². The summed E-state index contributed by atoms with van der Waals surface area (Å²) in [5.41, 5.74) is 5.46. The Labute approximate surface area is 190 Å². The number of fused-ring (bicyclic) bond motifs is 3. The van der Waals surface area contributed by atoms with Crippen molar-refractivity contribution in [3.8, 4) is 17.2 Å². The van der Waals surface area contributed by atoms with Gasteiger partial charge in [0.25, 0.3) is 0 Å². The van der Waals surface area contributed by atoms with Crippen molar-refractivity contribution in [2.75, 3.05) is 14.2 Å². The predicted molar refractivity (Wildman–Crippen MR) is 124 cm³/mol. The van der Waals surface area contributed by atoms with E-state index in [1.807, 2.05) is 30.3 Å². The van der Waals surface area contributed by atoms with E-state index in [1.54, 1.807) is 14.2 Å². The normalized spacial score (nSPS) is 19.2. The number of ether oxygens (including phenoxy) is 3. The highest BCUT2D eigenvalue weighted by Crippen LogP contribution is 2.48. The van der Waals surface area contributed by atoms with Crippen LogP contribution in [0.15, 0.2) is 70.2 Å². The van der Waals surface area contributed by atoms with E-state index in [-0.39, 0.29) is 12.3 Å². The molecule has 0 spiro atoms. The van der Waals surface area contributed by atoms with E-state index < -0.39 is 0 Å². The molecular formula is C25H23BrN2O3. The lowest BCUT2D eigenvalue weighted by Crippen LogP contribution is -2.33. The second-order valence-corrected chi connectivity index (χ2v) is 8.70. The van der Waals surface area contributed by atoms with Gasteiger partial charge in [-0.3, -0.25) is 0 Å². The van der Waals surface area contributed by atoms with E-state index in [4.69, 9.17) is 19.3 Å². The smallest absolute Gasteiger partial charge is 0.213 e. The van der Waals surface area contributed by atoms with Gasteiger partial charge in [-0.25, -0.2) is 5.01 Å². The lowest BCUT2D eigenvalue weighted by molar-refractivity contribution is -0.0190. The number of halogens is 1. The number of hydrazone groups is 1. The number of nitrogens with zero attached hydrogens (tertiary/aromatic N) is 2. The van der Waals surface area contributed by atoms with Gasteiger partial charge in [0.15, 0.2) is 11.5 Å². The van der Waals surface area contributed by atoms with Crippen molar-refractivity contribution < 1.29 is 14.2 Å². The Morgan fingerprint density at radius 3 is 2.48 bits per heavy atom. The molecule has 2 heterocycles. The van der Waals surface area contributed by atoms with Crippen LogP contribution in [0.3, 0.4) is 0 Å². The average Bonchev–Trinajstić information content (AvgIpc) is 3.24. The molecule has 0 bridgehead atoms. The van der Waals surface area contributed by atoms with E-state index >= 15 is 0 Å². The third-order valence-electron chi connectivity index (χ3n) is 5.83. The van der Waals surface area contributed by atoms with Gasteiger partial charge in [-0.15, -0.1) is 0 Å². The average molecular weight is 479 g/mol. The standard InChI is InChI=1S/C25H23BrN2O3/c1-15-4-6-16(7-5-15)25-28-21(19-13-18(26)9-11-22(19)31-25)14-20(27-28)17-8-10-23(29-2)24(12-17)30-3/h4-13,21,25H,14H2,1-3H3/t21-,25-/m0/s1. The van der Waals surface area contributed by atoms with Gasteiger partial charge in [0, 0.05) is 27.6 Å². The monoisotopic (exact) mass is 478 g/mol. The highest BCUT2D eigenvalue weighted by Gasteiger charge is 2.41. The first-order valence-electron chi connectivity index (χ1n) is 10.2. The summed E-state index contributed by atoms with van der Waals surface area (Å²) in [4.78, 5) is 0. The van der Waals surface area contributed by atoms with Crippen molar-refractivity contribution in [3.63, 3.8) is 0 Å². The molecular weight excluding hydrogens is 456 g/mol. The molecule has 3 aromatic rings. The van der Waals surface area contributed by atoms with Crippen molar-refractivity contribution in [2.45, 2.75) is 25.6 Å². The minimum absolute atomic E-state index is 0.0932. The summed E-state index contributed by atoms with van der Waals surface area (Å²) in [5.74, 6) is 2.30. The lowest BCUT2D eigenvalue weighted by atomic mass is 9.95. The molecule has 0 saturated heterocycles. The van der Waals surface area contributed by atoms with E-state index in [1.165, 1.54) is 5.56 Å². The van der Waals surface area contributed by atoms with E-state index in [9.17, 15) is 0 Å². The van der Waals surface area contributed by atoms with Gasteiger partial charge in [0.05, 0.1) is 26.0 Å². The molecule has 3 aromatic carbocycles. The molecule has 0 saturated carbocycles. The maximum Gasteiger partial charge on any atom is 0.213 e. The van der Waals surface area contributed by atoms with Crippen LogP contribution in [0, 0.1) is 6.92 Å². The Kier molecular flexibility index (Phi) is 5.10. The van der Waals surface area contributed by atoms with Crippen LogP contribution in [0.1, 0.15) is 40.9 Å². The number of hydrogen-bond acceptors (Lipinski definition) is 5. The van der Waals surface area contributed by atoms with E-state index in [0.717, 1.165) is 39.0 Å². The zero-order chi connectivity index (χ0) is 21.5. The highest BCUT2D eigenvalue weighted by atomic mass is 79.9. The van der Waals surface area contributed by atoms with Gasteiger partial charge in [0.1, 0.15) is 5.75 Å². The quantitative estimate of drug-likeness (QED) is 0.459. The zero-order valence-electron chi connectivity index (χ0n) is 17.6. The van der Waals surface area contributed by atoms with E-state index in [2.05, 4.69) is 58.2 Å². The van der Waals surface area contributed by atoms with Crippen molar-refractivity contribution in [1.82, 2.24) is 5.01 Å². The van der Waals surface area contributed by atoms with E-state index in [0.29, 0.717) is 11.5 Å². The zero-order valence-corrected chi connectivity index (χ0v) is 19.2. The molecule has 0 fully saturated rings. The van der Waals surface area contributed by atoms with Crippen molar-refractivity contribution in [3.05, 3.63) is 87.4 Å². The van der Waals surface area contributed by atoms with Crippen LogP contribution in [-0.2, 0) is 0 Å². The van der Waals surface area contributed by atoms with Crippen molar-refractivity contribution >= 4 is 21.6 Å². The fourth-order valence-electron chi connectivity index (χ4n) is 4.20. The molecule has 0 N–H and O–H groups in total. The summed E-state index contributed by atoms with van der Waals surface area (Å²) >= 11 is 3.61. The van der Waals surface area contributed by atoms with Gasteiger partial charge >= 0.3 is 0 Å². The highest BCUT2D eigenvalue weighted by molar-refractivity contribution is 9.10. The fourth-order valence-corrected chi connectivity index (χ4v) is 4.58. The first kappa shape index (κ1) is 19.9. The van der Waals surface area contributed by atoms with Gasteiger partial charge < -0.3 is 14.2 Å². The largest absolute Gasteiger partial charge is 0.493 e. The number of benzene rings is 3. The Hall–Kier alpha value is -2.99. The Bertz CT molecular complexity index is 1160. The molecule has 5 rings (SSSR count). The number of hydrogen-bond donors (Lipinski definition) is 0. The molecule has 158 valence electrons. The molecule has 6 heteroatoms. The molecule has 2 atom stereocenters. The Morgan fingerprint density at radius 2 is 1.74 bits per heavy atom. The second-order valence-electron chi connectivity index (χ2n) is 7.78. The molecule has 0 amide bonds. The van der Waals surface area contributed by atoms with Crippen molar-refractivity contribution in [2.24, 2.45) is 5.10 Å². The summed E-state index contributed by atoms with van der Waals surface area (Å²) in [5, 5.41) is 7.12. The predicted octanol–water partition coefficient (Wildman–Crippen LogP) is 6.02. The first-order chi connectivity index (χ1) is 15.1. The van der Waals surface area contributed by atoms with Crippen LogP contribution < -0.4 is 14.2 Å².